The quantitative estimate of drug-likeness (QED) is 0.182. The molecule has 0 saturated heterocycles. The van der Waals surface area contributed by atoms with Gasteiger partial charge in [0.15, 0.2) is 8.80 Å². The van der Waals surface area contributed by atoms with Gasteiger partial charge in [-0.1, -0.05) is 133 Å². The Balaban J connectivity index is 0. The van der Waals surface area contributed by atoms with E-state index < -0.39 is 8.80 Å². The number of benzene rings is 3. The largest absolute Gasteiger partial charge is 4.00 e. The van der Waals surface area contributed by atoms with E-state index >= 15 is 0 Å². The van der Waals surface area contributed by atoms with Crippen LogP contribution in [0.25, 0.3) is 0 Å². The summed E-state index contributed by atoms with van der Waals surface area (Å²) in [4.78, 5) is 0. The molecule has 165 valence electrons. The third kappa shape index (κ3) is 8.71. The standard InChI is InChI=1S/C18H15Si.C9H13.3ClH.Ti/c1-4-10-16(11-5-1)19(17-12-6-2-7-13-17)18-14-8-3-9-15-18;1-6-5-7(2)9(4)8(6)3;;;;/h1-15H;6H,1-4H3;3*1H;/q;-1;;;;+4/p-3. The maximum absolute atomic E-state index is 3.36. The molecule has 0 spiro atoms. The zero-order valence-corrected chi connectivity index (χ0v) is 23.7. The molecule has 0 heterocycles. The fourth-order valence-corrected chi connectivity index (χ4v) is 6.05. The van der Waals surface area contributed by atoms with Gasteiger partial charge in [-0.05, 0) is 0 Å². The van der Waals surface area contributed by atoms with Gasteiger partial charge in [0.25, 0.3) is 0 Å². The second kappa shape index (κ2) is 16.5. The number of hydrogen-bond donors (Lipinski definition) is 0. The third-order valence-corrected chi connectivity index (χ3v) is 8.16. The Morgan fingerprint density at radius 1 is 0.594 bits per heavy atom. The molecule has 0 aromatic heterocycles. The summed E-state index contributed by atoms with van der Waals surface area (Å²) < 4.78 is 0. The Morgan fingerprint density at radius 2 is 0.906 bits per heavy atom. The number of hydrogen-bond acceptors (Lipinski definition) is 0. The molecule has 1 aliphatic rings. The van der Waals surface area contributed by atoms with Crippen LogP contribution in [0.1, 0.15) is 27.7 Å². The van der Waals surface area contributed by atoms with E-state index in [1.807, 2.05) is 0 Å². The molecule has 3 aromatic carbocycles. The van der Waals surface area contributed by atoms with Crippen LogP contribution in [0.2, 0.25) is 0 Å². The second-order valence-electron chi connectivity index (χ2n) is 7.27. The van der Waals surface area contributed by atoms with E-state index in [0.717, 1.165) is 0 Å². The first-order valence-corrected chi connectivity index (χ1v) is 11.4. The predicted molar refractivity (Wildman–Crippen MR) is 124 cm³/mol. The molecule has 0 aliphatic heterocycles. The van der Waals surface area contributed by atoms with Crippen LogP contribution in [0.5, 0.6) is 0 Å². The average molecular weight is 535 g/mol. The maximum Gasteiger partial charge on any atom is 4.00 e. The molecule has 0 fully saturated rings. The van der Waals surface area contributed by atoms with Crippen LogP contribution in [0.3, 0.4) is 0 Å². The molecule has 1 radical (unpaired) electrons. The zero-order chi connectivity index (χ0) is 19.9. The Morgan fingerprint density at radius 3 is 1.09 bits per heavy atom. The van der Waals surface area contributed by atoms with Crippen molar-refractivity contribution in [3.8, 4) is 0 Å². The molecule has 32 heavy (non-hydrogen) atoms. The van der Waals surface area contributed by atoms with Crippen molar-refractivity contribution in [2.45, 2.75) is 27.7 Å². The Bertz CT molecular complexity index is 864. The average Bonchev–Trinajstić information content (AvgIpc) is 2.96. The van der Waals surface area contributed by atoms with Crippen molar-refractivity contribution in [1.82, 2.24) is 0 Å². The van der Waals surface area contributed by atoms with Crippen LogP contribution in [0, 0.1) is 12.0 Å². The Kier molecular flexibility index (Phi) is 17.1. The van der Waals surface area contributed by atoms with Crippen molar-refractivity contribution in [2.75, 3.05) is 0 Å². The smallest absolute Gasteiger partial charge is 1.00 e. The maximum atomic E-state index is 3.36. The first-order chi connectivity index (χ1) is 13.6. The first kappa shape index (κ1) is 33.1. The molecule has 0 N–H and O–H groups in total. The SMILES string of the molecule is CC1=[C-]C(C)C(C)=C1C.[Cl-].[Cl-].[Cl-].[Ti+4].c1ccc([Si](c2ccccc2)c2ccccc2)cc1. The van der Waals surface area contributed by atoms with Gasteiger partial charge in [0.2, 0.25) is 0 Å². The van der Waals surface area contributed by atoms with Crippen LogP contribution in [0.15, 0.2) is 108 Å². The summed E-state index contributed by atoms with van der Waals surface area (Å²) in [5.74, 6) is 0.560. The Labute approximate surface area is 229 Å². The minimum absolute atomic E-state index is 0. The van der Waals surface area contributed by atoms with Crippen LogP contribution in [-0.4, -0.2) is 8.80 Å². The van der Waals surface area contributed by atoms with Crippen LogP contribution >= 0.6 is 0 Å². The summed E-state index contributed by atoms with van der Waals surface area (Å²) in [5, 5.41) is 4.31. The molecule has 0 bridgehead atoms. The van der Waals surface area contributed by atoms with Gasteiger partial charge in [-0.25, -0.2) is 5.57 Å². The van der Waals surface area contributed by atoms with Crippen LogP contribution in [-0.2, 0) is 21.7 Å². The van der Waals surface area contributed by atoms with Crippen molar-refractivity contribution >= 4 is 24.4 Å². The molecule has 1 aliphatic carbocycles. The first-order valence-electron chi connectivity index (χ1n) is 9.89. The van der Waals surface area contributed by atoms with Crippen molar-refractivity contribution in [3.63, 3.8) is 0 Å². The summed E-state index contributed by atoms with van der Waals surface area (Å²) in [7, 11) is -0.877. The third-order valence-electron chi connectivity index (χ3n) is 5.42. The van der Waals surface area contributed by atoms with Crippen LogP contribution < -0.4 is 52.8 Å². The molecule has 0 nitrogen and oxygen atoms in total. The van der Waals surface area contributed by atoms with Crippen molar-refractivity contribution in [1.29, 1.82) is 0 Å². The molecular formula is C27H28Cl3SiTi. The normalized spacial score (nSPS) is 13.9. The van der Waals surface area contributed by atoms with Gasteiger partial charge >= 0.3 is 21.7 Å². The van der Waals surface area contributed by atoms with Gasteiger partial charge in [-0.3, -0.25) is 6.08 Å². The molecular weight excluding hydrogens is 507 g/mol. The topological polar surface area (TPSA) is 0 Å². The monoisotopic (exact) mass is 533 g/mol. The summed E-state index contributed by atoms with van der Waals surface area (Å²) in [6.07, 6.45) is 3.36. The number of rotatable bonds is 3. The van der Waals surface area contributed by atoms with E-state index in [4.69, 9.17) is 0 Å². The summed E-state index contributed by atoms with van der Waals surface area (Å²) >= 11 is 0. The minimum Gasteiger partial charge on any atom is -1.00 e. The van der Waals surface area contributed by atoms with E-state index in [-0.39, 0.29) is 58.9 Å². The van der Waals surface area contributed by atoms with E-state index in [1.165, 1.54) is 32.3 Å². The molecule has 3 aromatic rings. The summed E-state index contributed by atoms with van der Waals surface area (Å²) in [5.41, 5.74) is 4.25. The van der Waals surface area contributed by atoms with Gasteiger partial charge in [0.05, 0.1) is 0 Å². The number of halogens is 3. The van der Waals surface area contributed by atoms with Gasteiger partial charge in [0, 0.05) is 0 Å². The van der Waals surface area contributed by atoms with Crippen LogP contribution in [0.4, 0.5) is 0 Å². The van der Waals surface area contributed by atoms with Crippen molar-refractivity contribution in [2.24, 2.45) is 5.92 Å². The van der Waals surface area contributed by atoms with E-state index in [1.54, 1.807) is 0 Å². The molecule has 5 heteroatoms. The van der Waals surface area contributed by atoms with Crippen molar-refractivity contribution < 1.29 is 58.9 Å². The fraction of sp³-hybridized carbons (Fsp3) is 0.185. The zero-order valence-electron chi connectivity index (χ0n) is 18.9. The Hall–Kier alpha value is -1.06. The van der Waals surface area contributed by atoms with Gasteiger partial charge in [0.1, 0.15) is 0 Å². The van der Waals surface area contributed by atoms with E-state index in [2.05, 4.69) is 125 Å². The fourth-order valence-electron chi connectivity index (χ4n) is 3.48. The second-order valence-corrected chi connectivity index (χ2v) is 9.75. The van der Waals surface area contributed by atoms with Gasteiger partial charge < -0.3 is 37.2 Å². The van der Waals surface area contributed by atoms with E-state index in [0.29, 0.717) is 5.92 Å². The molecule has 0 amide bonds. The summed E-state index contributed by atoms with van der Waals surface area (Å²) in [6, 6.07) is 32.5. The molecule has 1 atom stereocenters. The number of allylic oxidation sites excluding steroid dienone is 4. The minimum atomic E-state index is -0.877. The van der Waals surface area contributed by atoms with E-state index in [9.17, 15) is 0 Å². The molecule has 0 saturated carbocycles. The summed E-state index contributed by atoms with van der Waals surface area (Å²) in [6.45, 7) is 8.67. The predicted octanol–water partition coefficient (Wildman–Crippen LogP) is -4.07. The van der Waals surface area contributed by atoms with Crippen molar-refractivity contribution in [3.05, 3.63) is 114 Å². The molecule has 4 rings (SSSR count). The molecule has 1 unspecified atom stereocenters. The van der Waals surface area contributed by atoms with Gasteiger partial charge in [-0.15, -0.1) is 6.92 Å². The van der Waals surface area contributed by atoms with Gasteiger partial charge in [-0.2, -0.15) is 11.1 Å².